The van der Waals surface area contributed by atoms with E-state index in [2.05, 4.69) is 5.32 Å². The van der Waals surface area contributed by atoms with Gasteiger partial charge in [0.15, 0.2) is 15.9 Å². The van der Waals surface area contributed by atoms with E-state index >= 15 is 0 Å². The van der Waals surface area contributed by atoms with Crippen LogP contribution in [0.1, 0.15) is 25.3 Å². The van der Waals surface area contributed by atoms with E-state index in [0.717, 1.165) is 0 Å². The van der Waals surface area contributed by atoms with Crippen LogP contribution >= 0.6 is 0 Å². The van der Waals surface area contributed by atoms with Gasteiger partial charge in [0, 0.05) is 12.5 Å². The summed E-state index contributed by atoms with van der Waals surface area (Å²) in [6.07, 6.45) is -0.527. The molecule has 1 heterocycles. The molecule has 1 aromatic rings. The lowest BCUT2D eigenvalue weighted by Gasteiger charge is -2.16. The van der Waals surface area contributed by atoms with Crippen LogP contribution in [0.4, 0.5) is 4.39 Å². The van der Waals surface area contributed by atoms with Crippen molar-refractivity contribution < 1.29 is 27.1 Å². The first-order chi connectivity index (χ1) is 11.3. The number of nitrogens with one attached hydrogen (secondary N) is 1. The van der Waals surface area contributed by atoms with Crippen LogP contribution in [-0.2, 0) is 30.6 Å². The molecular formula is C16H20FNO5S. The smallest absolute Gasteiger partial charge is 0.306 e. The van der Waals surface area contributed by atoms with E-state index in [4.69, 9.17) is 4.74 Å². The van der Waals surface area contributed by atoms with Gasteiger partial charge in [-0.3, -0.25) is 9.59 Å². The highest BCUT2D eigenvalue weighted by molar-refractivity contribution is 7.91. The molecule has 8 heteroatoms. The number of esters is 1. The van der Waals surface area contributed by atoms with Crippen molar-refractivity contribution in [2.45, 2.75) is 38.3 Å². The highest BCUT2D eigenvalue weighted by Gasteiger charge is 2.30. The molecule has 2 atom stereocenters. The van der Waals surface area contributed by atoms with Gasteiger partial charge in [0.25, 0.3) is 5.91 Å². The average Bonchev–Trinajstić information content (AvgIpc) is 2.85. The summed E-state index contributed by atoms with van der Waals surface area (Å²) in [6, 6.07) is 5.69. The number of carbonyl (C=O) groups excluding carboxylic acids is 2. The van der Waals surface area contributed by atoms with Crippen molar-refractivity contribution in [2.75, 3.05) is 11.5 Å². The van der Waals surface area contributed by atoms with Gasteiger partial charge in [0.2, 0.25) is 0 Å². The molecule has 6 nitrogen and oxygen atoms in total. The van der Waals surface area contributed by atoms with E-state index in [0.29, 0.717) is 12.0 Å². The van der Waals surface area contributed by atoms with E-state index in [1.807, 2.05) is 0 Å². The second kappa shape index (κ2) is 7.74. The second-order valence-corrected chi connectivity index (χ2v) is 8.06. The SMILES string of the molecule is C[C@H](OC(=O)CCc1ccccc1F)C(=O)N[C@@H]1CCS(=O)(=O)C1. The summed E-state index contributed by atoms with van der Waals surface area (Å²) in [5, 5.41) is 2.57. The second-order valence-electron chi connectivity index (χ2n) is 5.83. The third-order valence-electron chi connectivity index (χ3n) is 3.81. The molecule has 0 aliphatic carbocycles. The summed E-state index contributed by atoms with van der Waals surface area (Å²) in [5.74, 6) is -1.57. The maximum atomic E-state index is 13.5. The number of rotatable bonds is 6. The van der Waals surface area contributed by atoms with Crippen molar-refractivity contribution in [3.05, 3.63) is 35.6 Å². The zero-order valence-electron chi connectivity index (χ0n) is 13.3. The Kier molecular flexibility index (Phi) is 5.93. The first-order valence-electron chi connectivity index (χ1n) is 7.70. The number of hydrogen-bond acceptors (Lipinski definition) is 5. The molecule has 132 valence electrons. The first kappa shape index (κ1) is 18.4. The van der Waals surface area contributed by atoms with Crippen molar-refractivity contribution in [1.29, 1.82) is 0 Å². The molecule has 0 saturated carbocycles. The van der Waals surface area contributed by atoms with Crippen LogP contribution in [0, 0.1) is 5.82 Å². The van der Waals surface area contributed by atoms with Crippen LogP contribution in [0.5, 0.6) is 0 Å². The topological polar surface area (TPSA) is 89.5 Å². The lowest BCUT2D eigenvalue weighted by molar-refractivity contribution is -0.155. The Bertz CT molecular complexity index is 719. The molecule has 1 aromatic carbocycles. The summed E-state index contributed by atoms with van der Waals surface area (Å²) in [7, 11) is -3.09. The van der Waals surface area contributed by atoms with Crippen molar-refractivity contribution in [1.82, 2.24) is 5.32 Å². The third-order valence-corrected chi connectivity index (χ3v) is 5.58. The largest absolute Gasteiger partial charge is 0.453 e. The molecule has 0 aromatic heterocycles. The van der Waals surface area contributed by atoms with Crippen LogP contribution in [-0.4, -0.2) is 43.9 Å². The molecule has 0 unspecified atom stereocenters. The summed E-state index contributed by atoms with van der Waals surface area (Å²) in [6.45, 7) is 1.42. The molecule has 1 N–H and O–H groups in total. The third kappa shape index (κ3) is 5.30. The number of halogens is 1. The average molecular weight is 357 g/mol. The van der Waals surface area contributed by atoms with Crippen molar-refractivity contribution in [3.63, 3.8) is 0 Å². The number of benzene rings is 1. The van der Waals surface area contributed by atoms with Gasteiger partial charge in [-0.25, -0.2) is 12.8 Å². The molecule has 1 aliphatic heterocycles. The molecular weight excluding hydrogens is 337 g/mol. The van der Waals surface area contributed by atoms with Crippen LogP contribution in [0.25, 0.3) is 0 Å². The molecule has 24 heavy (non-hydrogen) atoms. The van der Waals surface area contributed by atoms with Crippen molar-refractivity contribution in [2.24, 2.45) is 0 Å². The summed E-state index contributed by atoms with van der Waals surface area (Å²) in [5.41, 5.74) is 0.405. The van der Waals surface area contributed by atoms with E-state index in [1.54, 1.807) is 18.2 Å². The highest BCUT2D eigenvalue weighted by Crippen LogP contribution is 2.12. The van der Waals surface area contributed by atoms with Gasteiger partial charge in [-0.2, -0.15) is 0 Å². The molecule has 2 rings (SSSR count). The normalized spacial score (nSPS) is 20.3. The minimum absolute atomic E-state index is 0.0453. The predicted molar refractivity (Wildman–Crippen MR) is 85.5 cm³/mol. The van der Waals surface area contributed by atoms with E-state index in [1.165, 1.54) is 13.0 Å². The van der Waals surface area contributed by atoms with Crippen molar-refractivity contribution in [3.8, 4) is 0 Å². The van der Waals surface area contributed by atoms with E-state index in [-0.39, 0.29) is 24.3 Å². The first-order valence-corrected chi connectivity index (χ1v) is 9.52. The monoisotopic (exact) mass is 357 g/mol. The zero-order chi connectivity index (χ0) is 17.7. The molecule has 1 fully saturated rings. The minimum Gasteiger partial charge on any atom is -0.453 e. The number of hydrogen-bond donors (Lipinski definition) is 1. The number of sulfone groups is 1. The Labute approximate surface area is 140 Å². The molecule has 0 radical (unpaired) electrons. The van der Waals surface area contributed by atoms with Gasteiger partial charge in [-0.1, -0.05) is 18.2 Å². The lowest BCUT2D eigenvalue weighted by Crippen LogP contribution is -2.42. The van der Waals surface area contributed by atoms with Crippen LogP contribution in [0.3, 0.4) is 0 Å². The number of amides is 1. The molecule has 0 bridgehead atoms. The maximum absolute atomic E-state index is 13.5. The zero-order valence-corrected chi connectivity index (χ0v) is 14.1. The van der Waals surface area contributed by atoms with E-state index < -0.39 is 39.7 Å². The Morgan fingerprint density at radius 2 is 2.08 bits per heavy atom. The van der Waals surface area contributed by atoms with Crippen LogP contribution in [0.15, 0.2) is 24.3 Å². The molecule has 1 aliphatic rings. The van der Waals surface area contributed by atoms with Gasteiger partial charge >= 0.3 is 5.97 Å². The number of ether oxygens (including phenoxy) is 1. The summed E-state index contributed by atoms with van der Waals surface area (Å²) < 4.78 is 41.2. The predicted octanol–water partition coefficient (Wildman–Crippen LogP) is 0.993. The number of carbonyl (C=O) groups is 2. The van der Waals surface area contributed by atoms with Gasteiger partial charge in [-0.05, 0) is 31.4 Å². The Hall–Kier alpha value is -1.96. The van der Waals surface area contributed by atoms with Crippen LogP contribution in [0.2, 0.25) is 0 Å². The number of aryl methyl sites for hydroxylation is 1. The summed E-state index contributed by atoms with van der Waals surface area (Å²) >= 11 is 0. The fourth-order valence-corrected chi connectivity index (χ4v) is 4.15. The quantitative estimate of drug-likeness (QED) is 0.767. The molecule has 0 spiro atoms. The molecule has 1 amide bonds. The van der Waals surface area contributed by atoms with Crippen LogP contribution < -0.4 is 5.32 Å². The van der Waals surface area contributed by atoms with E-state index in [9.17, 15) is 22.4 Å². The van der Waals surface area contributed by atoms with Gasteiger partial charge in [0.05, 0.1) is 11.5 Å². The van der Waals surface area contributed by atoms with Gasteiger partial charge in [0.1, 0.15) is 5.82 Å². The lowest BCUT2D eigenvalue weighted by atomic mass is 10.1. The Balaban J connectivity index is 1.76. The molecule has 1 saturated heterocycles. The Morgan fingerprint density at radius 1 is 1.38 bits per heavy atom. The highest BCUT2D eigenvalue weighted by atomic mass is 32.2. The van der Waals surface area contributed by atoms with Gasteiger partial charge in [-0.15, -0.1) is 0 Å². The van der Waals surface area contributed by atoms with Gasteiger partial charge < -0.3 is 10.1 Å². The standard InChI is InChI=1S/C16H20FNO5S/c1-11(16(20)18-13-8-9-24(21,22)10-13)23-15(19)7-6-12-4-2-3-5-14(12)17/h2-5,11,13H,6-10H2,1H3,(H,18,20)/t11-,13+/m0/s1. The fourth-order valence-electron chi connectivity index (χ4n) is 2.47. The minimum atomic E-state index is -3.09. The summed E-state index contributed by atoms with van der Waals surface area (Å²) in [4.78, 5) is 23.7. The van der Waals surface area contributed by atoms with Crippen molar-refractivity contribution >= 4 is 21.7 Å². The fraction of sp³-hybridized carbons (Fsp3) is 0.500. The maximum Gasteiger partial charge on any atom is 0.306 e. The Morgan fingerprint density at radius 3 is 2.71 bits per heavy atom.